The van der Waals surface area contributed by atoms with Crippen LogP contribution in [0.3, 0.4) is 0 Å². The van der Waals surface area contributed by atoms with Crippen molar-refractivity contribution in [2.24, 2.45) is 0 Å². The molecule has 1 saturated heterocycles. The van der Waals surface area contributed by atoms with Gasteiger partial charge in [-0.2, -0.15) is 0 Å². The number of H-pyrrole nitrogens is 1. The van der Waals surface area contributed by atoms with Crippen molar-refractivity contribution in [3.63, 3.8) is 0 Å². The fourth-order valence-corrected chi connectivity index (χ4v) is 4.95. The summed E-state index contributed by atoms with van der Waals surface area (Å²) in [5.41, 5.74) is 5.00. The Bertz CT molecular complexity index is 1050. The Hall–Kier alpha value is -2.83. The number of aromatic nitrogens is 3. The van der Waals surface area contributed by atoms with Gasteiger partial charge in [0.1, 0.15) is 5.82 Å². The summed E-state index contributed by atoms with van der Waals surface area (Å²) in [7, 11) is 1.75. The molecule has 1 aliphatic heterocycles. The Morgan fingerprint density at radius 1 is 1.13 bits per heavy atom. The number of piperidine rings is 1. The Kier molecular flexibility index (Phi) is 5.66. The fraction of sp³-hybridized carbons (Fsp3) is 0.400. The first kappa shape index (κ1) is 20.1. The van der Waals surface area contributed by atoms with Crippen molar-refractivity contribution in [2.75, 3.05) is 33.4 Å². The summed E-state index contributed by atoms with van der Waals surface area (Å²) in [5, 5.41) is 0. The topological polar surface area (TPSA) is 71.1 Å². The van der Waals surface area contributed by atoms with E-state index >= 15 is 0 Å². The maximum absolute atomic E-state index is 12.7. The molecule has 0 radical (unpaired) electrons. The lowest BCUT2D eigenvalue weighted by atomic mass is 9.94. The SMILES string of the molecule is COCCN1CCC(c2nc(-c3ccncc3)c(C3CC(=O)c4ccccc43)[nH]2)CC1. The van der Waals surface area contributed by atoms with E-state index < -0.39 is 0 Å². The molecule has 1 aromatic carbocycles. The average Bonchev–Trinajstić information content (AvgIpc) is 3.40. The predicted molar refractivity (Wildman–Crippen MR) is 119 cm³/mol. The molecule has 6 heteroatoms. The van der Waals surface area contributed by atoms with E-state index in [2.05, 4.69) is 20.9 Å². The molecule has 0 spiro atoms. The van der Waals surface area contributed by atoms with E-state index in [1.165, 1.54) is 0 Å². The number of rotatable bonds is 6. The van der Waals surface area contributed by atoms with E-state index in [4.69, 9.17) is 9.72 Å². The molecule has 1 fully saturated rings. The van der Waals surface area contributed by atoms with Crippen molar-refractivity contribution in [1.29, 1.82) is 0 Å². The van der Waals surface area contributed by atoms with Crippen molar-refractivity contribution in [3.05, 3.63) is 71.4 Å². The van der Waals surface area contributed by atoms with Crippen molar-refractivity contribution in [3.8, 4) is 11.3 Å². The number of nitrogens with one attached hydrogen (secondary N) is 1. The van der Waals surface area contributed by atoms with Gasteiger partial charge in [-0.1, -0.05) is 24.3 Å². The number of fused-ring (bicyclic) bond motifs is 1. The number of benzene rings is 1. The highest BCUT2D eigenvalue weighted by Crippen LogP contribution is 2.42. The first-order chi connectivity index (χ1) is 15.2. The van der Waals surface area contributed by atoms with Crippen LogP contribution < -0.4 is 0 Å². The van der Waals surface area contributed by atoms with Crippen LogP contribution in [-0.2, 0) is 4.74 Å². The van der Waals surface area contributed by atoms with Crippen LogP contribution in [0.5, 0.6) is 0 Å². The van der Waals surface area contributed by atoms with E-state index in [1.807, 2.05) is 30.3 Å². The summed E-state index contributed by atoms with van der Waals surface area (Å²) < 4.78 is 5.23. The fourth-order valence-electron chi connectivity index (χ4n) is 4.95. The Morgan fingerprint density at radius 2 is 1.90 bits per heavy atom. The zero-order chi connectivity index (χ0) is 21.2. The van der Waals surface area contributed by atoms with Gasteiger partial charge in [-0.05, 0) is 43.6 Å². The van der Waals surface area contributed by atoms with Crippen molar-refractivity contribution in [1.82, 2.24) is 19.9 Å². The Labute approximate surface area is 182 Å². The van der Waals surface area contributed by atoms with Crippen LogP contribution in [0.15, 0.2) is 48.8 Å². The molecule has 6 nitrogen and oxygen atoms in total. The van der Waals surface area contributed by atoms with Gasteiger partial charge in [0, 0.05) is 55.4 Å². The molecule has 5 rings (SSSR count). The molecule has 1 aliphatic carbocycles. The molecule has 2 aliphatic rings. The lowest BCUT2D eigenvalue weighted by Gasteiger charge is -2.30. The second-order valence-corrected chi connectivity index (χ2v) is 8.50. The number of likely N-dealkylation sites (tertiary alicyclic amines) is 1. The molecule has 1 N–H and O–H groups in total. The maximum atomic E-state index is 12.7. The smallest absolute Gasteiger partial charge is 0.164 e. The van der Waals surface area contributed by atoms with Gasteiger partial charge in [0.15, 0.2) is 5.78 Å². The van der Waals surface area contributed by atoms with Crippen molar-refractivity contribution in [2.45, 2.75) is 31.1 Å². The number of aromatic amines is 1. The maximum Gasteiger partial charge on any atom is 0.164 e. The van der Waals surface area contributed by atoms with E-state index in [9.17, 15) is 4.79 Å². The van der Waals surface area contributed by atoms with Crippen LogP contribution in [-0.4, -0.2) is 59.0 Å². The van der Waals surface area contributed by atoms with Crippen LogP contribution in [0.2, 0.25) is 0 Å². The molecule has 3 heterocycles. The molecule has 0 amide bonds. The van der Waals surface area contributed by atoms with E-state index in [1.54, 1.807) is 19.5 Å². The van der Waals surface area contributed by atoms with Gasteiger partial charge in [0.05, 0.1) is 18.0 Å². The molecule has 2 aromatic heterocycles. The third kappa shape index (κ3) is 3.93. The van der Waals surface area contributed by atoms with Crippen LogP contribution in [0.4, 0.5) is 0 Å². The molecule has 1 atom stereocenters. The van der Waals surface area contributed by atoms with Gasteiger partial charge < -0.3 is 14.6 Å². The lowest BCUT2D eigenvalue weighted by Crippen LogP contribution is -2.35. The average molecular weight is 417 g/mol. The first-order valence-electron chi connectivity index (χ1n) is 11.1. The second-order valence-electron chi connectivity index (χ2n) is 8.50. The predicted octanol–water partition coefficient (Wildman–Crippen LogP) is 4.02. The highest BCUT2D eigenvalue weighted by Gasteiger charge is 2.34. The molecule has 3 aromatic rings. The van der Waals surface area contributed by atoms with Gasteiger partial charge in [-0.3, -0.25) is 9.78 Å². The summed E-state index contributed by atoms with van der Waals surface area (Å²) in [6.45, 7) is 3.87. The molecule has 31 heavy (non-hydrogen) atoms. The van der Waals surface area contributed by atoms with Crippen LogP contribution >= 0.6 is 0 Å². The van der Waals surface area contributed by atoms with E-state index in [-0.39, 0.29) is 11.7 Å². The quantitative estimate of drug-likeness (QED) is 0.657. The largest absolute Gasteiger partial charge is 0.383 e. The summed E-state index contributed by atoms with van der Waals surface area (Å²) in [6.07, 6.45) is 6.25. The van der Waals surface area contributed by atoms with Gasteiger partial charge in [-0.15, -0.1) is 0 Å². The van der Waals surface area contributed by atoms with Crippen molar-refractivity contribution < 1.29 is 9.53 Å². The van der Waals surface area contributed by atoms with Crippen molar-refractivity contribution >= 4 is 5.78 Å². The van der Waals surface area contributed by atoms with Gasteiger partial charge in [0.25, 0.3) is 0 Å². The van der Waals surface area contributed by atoms with E-state index in [0.717, 1.165) is 73.0 Å². The van der Waals surface area contributed by atoms with Crippen LogP contribution in [0.25, 0.3) is 11.3 Å². The number of imidazole rings is 1. The number of carbonyl (C=O) groups is 1. The Morgan fingerprint density at radius 3 is 2.68 bits per heavy atom. The van der Waals surface area contributed by atoms with Gasteiger partial charge in [-0.25, -0.2) is 4.98 Å². The Balaban J connectivity index is 1.48. The third-order valence-corrected chi connectivity index (χ3v) is 6.66. The highest BCUT2D eigenvalue weighted by atomic mass is 16.5. The van der Waals surface area contributed by atoms with Crippen LogP contribution in [0, 0.1) is 0 Å². The first-order valence-corrected chi connectivity index (χ1v) is 11.1. The molecular formula is C25H28N4O2. The van der Waals surface area contributed by atoms with Gasteiger partial charge >= 0.3 is 0 Å². The summed E-state index contributed by atoms with van der Waals surface area (Å²) in [5.74, 6) is 1.68. The number of ether oxygens (including phenoxy) is 1. The number of hydrogen-bond donors (Lipinski definition) is 1. The third-order valence-electron chi connectivity index (χ3n) is 6.66. The minimum absolute atomic E-state index is 0.0231. The van der Waals surface area contributed by atoms with Gasteiger partial charge in [0.2, 0.25) is 0 Å². The number of Topliss-reactive ketones (excluding diaryl/α,β-unsaturated/α-hetero) is 1. The normalized spacial score (nSPS) is 19.6. The molecular weight excluding hydrogens is 388 g/mol. The standard InChI is InChI=1S/C25H28N4O2/c1-31-15-14-29-12-8-18(9-13-29)25-27-23(17-6-10-26-11-7-17)24(28-25)21-16-22(30)20-5-3-2-4-19(20)21/h2-7,10-11,18,21H,8-9,12-16H2,1H3,(H,27,28). The minimum atomic E-state index is 0.0231. The van der Waals surface area contributed by atoms with E-state index in [0.29, 0.717) is 12.3 Å². The lowest BCUT2D eigenvalue weighted by molar-refractivity contribution is 0.0991. The molecule has 1 unspecified atom stereocenters. The summed E-state index contributed by atoms with van der Waals surface area (Å²) in [4.78, 5) is 28.1. The number of ketones is 1. The number of carbonyl (C=O) groups excluding carboxylic acids is 1. The highest BCUT2D eigenvalue weighted by molar-refractivity contribution is 6.02. The number of methoxy groups -OCH3 is 1. The molecule has 160 valence electrons. The second kappa shape index (κ2) is 8.73. The minimum Gasteiger partial charge on any atom is -0.383 e. The molecule has 0 bridgehead atoms. The monoisotopic (exact) mass is 416 g/mol. The summed E-state index contributed by atoms with van der Waals surface area (Å²) in [6, 6.07) is 12.0. The number of pyridine rings is 1. The number of hydrogen-bond acceptors (Lipinski definition) is 5. The van der Waals surface area contributed by atoms with Crippen LogP contribution in [0.1, 0.15) is 58.5 Å². The zero-order valence-electron chi connectivity index (χ0n) is 17.9. The summed E-state index contributed by atoms with van der Waals surface area (Å²) >= 11 is 0. The molecule has 0 saturated carbocycles. The zero-order valence-corrected chi connectivity index (χ0v) is 17.9. The number of nitrogens with zero attached hydrogens (tertiary/aromatic N) is 3.